The van der Waals surface area contributed by atoms with Gasteiger partial charge >= 0.3 is 0 Å². The monoisotopic (exact) mass is 311 g/mol. The van der Waals surface area contributed by atoms with Crippen molar-refractivity contribution in [1.29, 1.82) is 0 Å². The maximum atomic E-state index is 13.3. The normalized spacial score (nSPS) is 10.2. The average molecular weight is 312 g/mol. The number of amides is 1. The van der Waals surface area contributed by atoms with Crippen LogP contribution >= 0.6 is 15.9 Å². The number of halogens is 3. The predicted octanol–water partition coefficient (Wildman–Crippen LogP) is 3.98. The van der Waals surface area contributed by atoms with Gasteiger partial charge in [-0.2, -0.15) is 0 Å². The SMILES string of the molecule is O=C(Nc1cc(F)ccc1F)c1cccc(Br)c1. The smallest absolute Gasteiger partial charge is 0.255 e. The first-order chi connectivity index (χ1) is 8.56. The van der Waals surface area contributed by atoms with Crippen LogP contribution in [0, 0.1) is 11.6 Å². The van der Waals surface area contributed by atoms with E-state index in [0.29, 0.717) is 5.56 Å². The van der Waals surface area contributed by atoms with E-state index in [1.165, 1.54) is 0 Å². The zero-order valence-electron chi connectivity index (χ0n) is 9.08. The number of nitrogens with one attached hydrogen (secondary N) is 1. The van der Waals surface area contributed by atoms with Crippen molar-refractivity contribution in [2.45, 2.75) is 0 Å². The Hall–Kier alpha value is -1.75. The minimum Gasteiger partial charge on any atom is -0.319 e. The Balaban J connectivity index is 2.24. The summed E-state index contributed by atoms with van der Waals surface area (Å²) in [6.07, 6.45) is 0. The highest BCUT2D eigenvalue weighted by Crippen LogP contribution is 2.17. The molecule has 0 saturated carbocycles. The maximum Gasteiger partial charge on any atom is 0.255 e. The van der Waals surface area contributed by atoms with E-state index >= 15 is 0 Å². The van der Waals surface area contributed by atoms with Crippen molar-refractivity contribution in [3.63, 3.8) is 0 Å². The van der Waals surface area contributed by atoms with E-state index < -0.39 is 17.5 Å². The van der Waals surface area contributed by atoms with E-state index in [2.05, 4.69) is 21.2 Å². The van der Waals surface area contributed by atoms with Gasteiger partial charge in [-0.3, -0.25) is 4.79 Å². The zero-order valence-corrected chi connectivity index (χ0v) is 10.7. The first-order valence-corrected chi connectivity index (χ1v) is 5.87. The van der Waals surface area contributed by atoms with Gasteiger partial charge in [0.25, 0.3) is 5.91 Å². The number of carbonyl (C=O) groups is 1. The number of hydrogen-bond acceptors (Lipinski definition) is 1. The molecule has 0 fully saturated rings. The van der Waals surface area contributed by atoms with Crippen LogP contribution in [0.5, 0.6) is 0 Å². The molecule has 0 radical (unpaired) electrons. The molecule has 0 saturated heterocycles. The number of anilines is 1. The summed E-state index contributed by atoms with van der Waals surface area (Å²) < 4.78 is 27.0. The van der Waals surface area contributed by atoms with Crippen LogP contribution in [0.3, 0.4) is 0 Å². The van der Waals surface area contributed by atoms with Crippen molar-refractivity contribution in [3.05, 3.63) is 64.1 Å². The van der Waals surface area contributed by atoms with Crippen LogP contribution in [-0.2, 0) is 0 Å². The van der Waals surface area contributed by atoms with E-state index in [9.17, 15) is 13.6 Å². The van der Waals surface area contributed by atoms with Gasteiger partial charge in [0, 0.05) is 16.1 Å². The molecule has 1 amide bonds. The number of hydrogen-bond donors (Lipinski definition) is 1. The Morgan fingerprint density at radius 1 is 1.11 bits per heavy atom. The molecule has 0 aliphatic heterocycles. The molecule has 92 valence electrons. The summed E-state index contributed by atoms with van der Waals surface area (Å²) in [4.78, 5) is 11.8. The van der Waals surface area contributed by atoms with Gasteiger partial charge < -0.3 is 5.32 Å². The van der Waals surface area contributed by atoms with Gasteiger partial charge in [-0.05, 0) is 30.3 Å². The third kappa shape index (κ3) is 2.92. The summed E-state index contributed by atoms with van der Waals surface area (Å²) in [5.41, 5.74) is 0.174. The zero-order chi connectivity index (χ0) is 13.1. The van der Waals surface area contributed by atoms with Crippen molar-refractivity contribution in [2.24, 2.45) is 0 Å². The van der Waals surface area contributed by atoms with E-state index in [4.69, 9.17) is 0 Å². The Labute approximate surface area is 111 Å². The van der Waals surface area contributed by atoms with Crippen LogP contribution in [0.1, 0.15) is 10.4 Å². The Bertz CT molecular complexity index is 601. The number of carbonyl (C=O) groups excluding carboxylic acids is 1. The molecular weight excluding hydrogens is 304 g/mol. The summed E-state index contributed by atoms with van der Waals surface area (Å²) in [6, 6.07) is 9.51. The predicted molar refractivity (Wildman–Crippen MR) is 68.5 cm³/mol. The topological polar surface area (TPSA) is 29.1 Å². The fourth-order valence-electron chi connectivity index (χ4n) is 1.42. The standard InChI is InChI=1S/C13H8BrF2NO/c14-9-3-1-2-8(6-9)13(18)17-12-7-10(15)4-5-11(12)16/h1-7H,(H,17,18). The Morgan fingerprint density at radius 2 is 1.89 bits per heavy atom. The van der Waals surface area contributed by atoms with Gasteiger partial charge in [-0.15, -0.1) is 0 Å². The summed E-state index contributed by atoms with van der Waals surface area (Å²) in [6.45, 7) is 0. The molecule has 0 aliphatic carbocycles. The highest BCUT2D eigenvalue weighted by atomic mass is 79.9. The second-order valence-corrected chi connectivity index (χ2v) is 4.50. The third-order valence-corrected chi connectivity index (χ3v) is 2.76. The molecule has 2 aromatic carbocycles. The molecule has 18 heavy (non-hydrogen) atoms. The van der Waals surface area contributed by atoms with Crippen molar-refractivity contribution in [1.82, 2.24) is 0 Å². The van der Waals surface area contributed by atoms with Crippen LogP contribution in [0.4, 0.5) is 14.5 Å². The van der Waals surface area contributed by atoms with Gasteiger partial charge in [-0.1, -0.05) is 22.0 Å². The number of benzene rings is 2. The Kier molecular flexibility index (Phi) is 3.72. The molecule has 0 spiro atoms. The summed E-state index contributed by atoms with van der Waals surface area (Å²) in [7, 11) is 0. The Morgan fingerprint density at radius 3 is 2.61 bits per heavy atom. The van der Waals surface area contributed by atoms with Crippen LogP contribution in [0.25, 0.3) is 0 Å². The molecule has 0 unspecified atom stereocenters. The third-order valence-electron chi connectivity index (χ3n) is 2.26. The molecule has 2 aromatic rings. The fraction of sp³-hybridized carbons (Fsp3) is 0. The summed E-state index contributed by atoms with van der Waals surface area (Å²) >= 11 is 3.23. The van der Waals surface area contributed by atoms with Crippen molar-refractivity contribution in [2.75, 3.05) is 5.32 Å². The van der Waals surface area contributed by atoms with E-state index in [1.54, 1.807) is 24.3 Å². The molecule has 5 heteroatoms. The fourth-order valence-corrected chi connectivity index (χ4v) is 1.82. The van der Waals surface area contributed by atoms with Gasteiger partial charge in [0.1, 0.15) is 11.6 Å². The van der Waals surface area contributed by atoms with Gasteiger partial charge in [0.05, 0.1) is 5.69 Å². The summed E-state index contributed by atoms with van der Waals surface area (Å²) in [5, 5.41) is 2.32. The lowest BCUT2D eigenvalue weighted by Crippen LogP contribution is -2.13. The highest BCUT2D eigenvalue weighted by molar-refractivity contribution is 9.10. The van der Waals surface area contributed by atoms with E-state index in [-0.39, 0.29) is 5.69 Å². The molecule has 2 nitrogen and oxygen atoms in total. The van der Waals surface area contributed by atoms with Crippen LogP contribution < -0.4 is 5.32 Å². The van der Waals surface area contributed by atoms with E-state index in [1.807, 2.05) is 0 Å². The van der Waals surface area contributed by atoms with Crippen molar-refractivity contribution in [3.8, 4) is 0 Å². The second-order valence-electron chi connectivity index (χ2n) is 3.59. The molecule has 0 bridgehead atoms. The molecule has 2 rings (SSSR count). The molecule has 0 aliphatic rings. The lowest BCUT2D eigenvalue weighted by Gasteiger charge is -2.06. The quantitative estimate of drug-likeness (QED) is 0.893. The minimum absolute atomic E-state index is 0.181. The summed E-state index contributed by atoms with van der Waals surface area (Å²) in [5.74, 6) is -1.79. The van der Waals surface area contributed by atoms with Gasteiger partial charge in [0.15, 0.2) is 0 Å². The molecular formula is C13H8BrF2NO. The number of rotatable bonds is 2. The second kappa shape index (κ2) is 5.27. The molecule has 0 atom stereocenters. The maximum absolute atomic E-state index is 13.3. The van der Waals surface area contributed by atoms with Crippen LogP contribution in [-0.4, -0.2) is 5.91 Å². The van der Waals surface area contributed by atoms with Gasteiger partial charge in [-0.25, -0.2) is 8.78 Å². The average Bonchev–Trinajstić information content (AvgIpc) is 2.34. The van der Waals surface area contributed by atoms with Gasteiger partial charge in [0.2, 0.25) is 0 Å². The van der Waals surface area contributed by atoms with Crippen LogP contribution in [0.2, 0.25) is 0 Å². The van der Waals surface area contributed by atoms with Crippen molar-refractivity contribution >= 4 is 27.5 Å². The first-order valence-electron chi connectivity index (χ1n) is 5.08. The minimum atomic E-state index is -0.681. The lowest BCUT2D eigenvalue weighted by molar-refractivity contribution is 0.102. The highest BCUT2D eigenvalue weighted by Gasteiger charge is 2.10. The molecule has 0 aromatic heterocycles. The lowest BCUT2D eigenvalue weighted by atomic mass is 10.2. The first kappa shape index (κ1) is 12.7. The molecule has 0 heterocycles. The largest absolute Gasteiger partial charge is 0.319 e. The van der Waals surface area contributed by atoms with Crippen molar-refractivity contribution < 1.29 is 13.6 Å². The molecule has 1 N–H and O–H groups in total. The van der Waals surface area contributed by atoms with E-state index in [0.717, 1.165) is 22.7 Å². The van der Waals surface area contributed by atoms with Crippen LogP contribution in [0.15, 0.2) is 46.9 Å².